The lowest BCUT2D eigenvalue weighted by Crippen LogP contribution is -2.06. The number of carbonyl (C=O) groups excluding carboxylic acids is 1. The number of hydrogen-bond donors (Lipinski definition) is 1. The van der Waals surface area contributed by atoms with Gasteiger partial charge in [0.05, 0.1) is 22.4 Å². The zero-order valence-corrected chi connectivity index (χ0v) is 12.1. The molecule has 1 aliphatic rings. The monoisotopic (exact) mass is 297 g/mol. The van der Waals surface area contributed by atoms with Gasteiger partial charge in [-0.25, -0.2) is 4.98 Å². The maximum atomic E-state index is 12.3. The lowest BCUT2D eigenvalue weighted by Gasteiger charge is -2.05. The Bertz CT molecular complexity index is 1030. The SMILES string of the molecule is N#CC(=C1C(=O)Nc2ccccc21)c1ccc2ccccc2n1. The molecule has 0 unspecified atom stereocenters. The third-order valence-electron chi connectivity index (χ3n) is 3.89. The Morgan fingerprint density at radius 3 is 2.65 bits per heavy atom. The first kappa shape index (κ1) is 13.2. The van der Waals surface area contributed by atoms with Gasteiger partial charge in [0, 0.05) is 16.6 Å². The molecule has 2 heterocycles. The molecule has 0 saturated heterocycles. The molecule has 4 nitrogen and oxygen atoms in total. The minimum Gasteiger partial charge on any atom is -0.321 e. The van der Waals surface area contributed by atoms with Crippen LogP contribution < -0.4 is 5.32 Å². The molecule has 0 aliphatic carbocycles. The summed E-state index contributed by atoms with van der Waals surface area (Å²) < 4.78 is 0. The van der Waals surface area contributed by atoms with Crippen LogP contribution in [0.4, 0.5) is 5.69 Å². The highest BCUT2D eigenvalue weighted by molar-refractivity contribution is 6.37. The summed E-state index contributed by atoms with van der Waals surface area (Å²) in [5, 5.41) is 13.4. The van der Waals surface area contributed by atoms with Gasteiger partial charge in [0.25, 0.3) is 5.91 Å². The van der Waals surface area contributed by atoms with Gasteiger partial charge in [-0.1, -0.05) is 42.5 Å². The van der Waals surface area contributed by atoms with Gasteiger partial charge in [-0.15, -0.1) is 0 Å². The highest BCUT2D eigenvalue weighted by atomic mass is 16.2. The second-order valence-electron chi connectivity index (χ2n) is 5.25. The summed E-state index contributed by atoms with van der Waals surface area (Å²) in [6, 6.07) is 20.9. The number of carbonyl (C=O) groups is 1. The number of pyridine rings is 1. The molecule has 0 fully saturated rings. The van der Waals surface area contributed by atoms with E-state index in [0.29, 0.717) is 16.8 Å². The van der Waals surface area contributed by atoms with Crippen molar-refractivity contribution in [2.75, 3.05) is 5.32 Å². The number of aromatic nitrogens is 1. The summed E-state index contributed by atoms with van der Waals surface area (Å²) in [7, 11) is 0. The first-order valence-electron chi connectivity index (χ1n) is 7.19. The van der Waals surface area contributed by atoms with Crippen molar-refractivity contribution in [3.8, 4) is 6.07 Å². The smallest absolute Gasteiger partial charge is 0.257 e. The van der Waals surface area contributed by atoms with E-state index in [0.717, 1.165) is 22.2 Å². The minimum atomic E-state index is -0.266. The van der Waals surface area contributed by atoms with E-state index >= 15 is 0 Å². The molecule has 0 bridgehead atoms. The number of rotatable bonds is 1. The van der Waals surface area contributed by atoms with Crippen LogP contribution in [-0.2, 0) is 4.79 Å². The van der Waals surface area contributed by atoms with Crippen LogP contribution in [0, 0.1) is 11.3 Å². The average molecular weight is 297 g/mol. The van der Waals surface area contributed by atoms with Crippen LogP contribution in [-0.4, -0.2) is 10.9 Å². The highest BCUT2D eigenvalue weighted by Gasteiger charge is 2.28. The fraction of sp³-hybridized carbons (Fsp3) is 0. The highest BCUT2D eigenvalue weighted by Crippen LogP contribution is 2.36. The Hall–Kier alpha value is -3.45. The molecule has 1 aromatic heterocycles. The Morgan fingerprint density at radius 2 is 1.78 bits per heavy atom. The third-order valence-corrected chi connectivity index (χ3v) is 3.89. The first-order chi connectivity index (χ1) is 11.3. The van der Waals surface area contributed by atoms with Crippen molar-refractivity contribution in [3.05, 3.63) is 71.9 Å². The van der Waals surface area contributed by atoms with Crippen molar-refractivity contribution >= 4 is 33.6 Å². The number of nitrogens with one attached hydrogen (secondary N) is 1. The molecular formula is C19H11N3O. The fourth-order valence-electron chi connectivity index (χ4n) is 2.81. The molecule has 2 aromatic carbocycles. The molecule has 0 saturated carbocycles. The van der Waals surface area contributed by atoms with Crippen LogP contribution in [0.25, 0.3) is 22.0 Å². The zero-order valence-electron chi connectivity index (χ0n) is 12.1. The Labute approximate surface area is 132 Å². The van der Waals surface area contributed by atoms with Crippen molar-refractivity contribution in [3.63, 3.8) is 0 Å². The molecule has 3 aromatic rings. The van der Waals surface area contributed by atoms with Crippen LogP contribution >= 0.6 is 0 Å². The summed E-state index contributed by atoms with van der Waals surface area (Å²) in [6.07, 6.45) is 0. The summed E-state index contributed by atoms with van der Waals surface area (Å²) >= 11 is 0. The van der Waals surface area contributed by atoms with Crippen molar-refractivity contribution in [1.82, 2.24) is 4.98 Å². The molecule has 4 heteroatoms. The molecular weight excluding hydrogens is 286 g/mol. The Kier molecular flexibility index (Phi) is 2.92. The van der Waals surface area contributed by atoms with Crippen LogP contribution in [0.1, 0.15) is 11.3 Å². The quantitative estimate of drug-likeness (QED) is 0.551. The molecule has 1 aliphatic heterocycles. The van der Waals surface area contributed by atoms with E-state index in [1.807, 2.05) is 54.6 Å². The van der Waals surface area contributed by atoms with Gasteiger partial charge in [0.15, 0.2) is 0 Å². The van der Waals surface area contributed by atoms with E-state index in [2.05, 4.69) is 16.4 Å². The lowest BCUT2D eigenvalue weighted by atomic mass is 9.99. The molecule has 1 amide bonds. The fourth-order valence-corrected chi connectivity index (χ4v) is 2.81. The molecule has 108 valence electrons. The minimum absolute atomic E-state index is 0.266. The lowest BCUT2D eigenvalue weighted by molar-refractivity contribution is -0.110. The van der Waals surface area contributed by atoms with E-state index < -0.39 is 0 Å². The standard InChI is InChI=1S/C19H11N3O/c20-11-14(17-10-9-12-5-1-3-7-15(12)21-17)18-13-6-2-4-8-16(13)22-19(18)23/h1-10H,(H,22,23). The predicted molar refractivity (Wildman–Crippen MR) is 89.2 cm³/mol. The van der Waals surface area contributed by atoms with Gasteiger partial charge in [0.2, 0.25) is 0 Å². The third kappa shape index (κ3) is 2.07. The number of anilines is 1. The summed E-state index contributed by atoms with van der Waals surface area (Å²) in [4.78, 5) is 16.9. The molecule has 0 radical (unpaired) electrons. The van der Waals surface area contributed by atoms with Crippen molar-refractivity contribution in [2.24, 2.45) is 0 Å². The molecule has 0 atom stereocenters. The zero-order chi connectivity index (χ0) is 15.8. The maximum Gasteiger partial charge on any atom is 0.257 e. The van der Waals surface area contributed by atoms with Crippen LogP contribution in [0.15, 0.2) is 60.7 Å². The van der Waals surface area contributed by atoms with E-state index in [4.69, 9.17) is 0 Å². The van der Waals surface area contributed by atoms with E-state index in [9.17, 15) is 10.1 Å². The summed E-state index contributed by atoms with van der Waals surface area (Å²) in [6.45, 7) is 0. The van der Waals surface area contributed by atoms with Gasteiger partial charge >= 0.3 is 0 Å². The number of benzene rings is 2. The first-order valence-corrected chi connectivity index (χ1v) is 7.19. The molecule has 1 N–H and O–H groups in total. The molecule has 4 rings (SSSR count). The topological polar surface area (TPSA) is 65.8 Å². The van der Waals surface area contributed by atoms with Crippen LogP contribution in [0.2, 0.25) is 0 Å². The summed E-state index contributed by atoms with van der Waals surface area (Å²) in [5.41, 5.74) is 3.44. The number of para-hydroxylation sites is 2. The predicted octanol–water partition coefficient (Wildman–Crippen LogP) is 3.62. The van der Waals surface area contributed by atoms with E-state index in [-0.39, 0.29) is 5.91 Å². The second-order valence-corrected chi connectivity index (χ2v) is 5.25. The number of nitrogens with zero attached hydrogens (tertiary/aromatic N) is 2. The maximum absolute atomic E-state index is 12.3. The van der Waals surface area contributed by atoms with Crippen molar-refractivity contribution in [2.45, 2.75) is 0 Å². The largest absolute Gasteiger partial charge is 0.321 e. The summed E-state index contributed by atoms with van der Waals surface area (Å²) in [5.74, 6) is -0.266. The van der Waals surface area contributed by atoms with Gasteiger partial charge in [-0.05, 0) is 18.2 Å². The van der Waals surface area contributed by atoms with Crippen molar-refractivity contribution in [1.29, 1.82) is 5.26 Å². The van der Waals surface area contributed by atoms with Gasteiger partial charge in [0.1, 0.15) is 6.07 Å². The van der Waals surface area contributed by atoms with Gasteiger partial charge in [-0.2, -0.15) is 5.26 Å². The molecule has 0 spiro atoms. The van der Waals surface area contributed by atoms with E-state index in [1.54, 1.807) is 6.07 Å². The van der Waals surface area contributed by atoms with Crippen molar-refractivity contribution < 1.29 is 4.79 Å². The number of nitriles is 1. The second kappa shape index (κ2) is 5.08. The average Bonchev–Trinajstić information content (AvgIpc) is 2.92. The molecule has 23 heavy (non-hydrogen) atoms. The Morgan fingerprint density at radius 1 is 1.00 bits per heavy atom. The normalized spacial score (nSPS) is 15.0. The Balaban J connectivity index is 1.97. The van der Waals surface area contributed by atoms with Crippen LogP contribution in [0.5, 0.6) is 0 Å². The van der Waals surface area contributed by atoms with Crippen LogP contribution in [0.3, 0.4) is 0 Å². The number of allylic oxidation sites excluding steroid dienone is 1. The number of hydrogen-bond acceptors (Lipinski definition) is 3. The number of amides is 1. The van der Waals surface area contributed by atoms with E-state index in [1.165, 1.54) is 0 Å². The van der Waals surface area contributed by atoms with Gasteiger partial charge in [-0.3, -0.25) is 4.79 Å². The number of fused-ring (bicyclic) bond motifs is 2. The van der Waals surface area contributed by atoms with Gasteiger partial charge < -0.3 is 5.32 Å².